The van der Waals surface area contributed by atoms with Crippen molar-refractivity contribution in [3.05, 3.63) is 64.2 Å². The summed E-state index contributed by atoms with van der Waals surface area (Å²) >= 11 is 0. The van der Waals surface area contributed by atoms with Gasteiger partial charge in [0.25, 0.3) is 5.56 Å². The highest BCUT2D eigenvalue weighted by Crippen LogP contribution is 2.34. The van der Waals surface area contributed by atoms with Crippen molar-refractivity contribution in [2.75, 3.05) is 11.9 Å². The van der Waals surface area contributed by atoms with Gasteiger partial charge >= 0.3 is 0 Å². The van der Waals surface area contributed by atoms with E-state index in [1.807, 2.05) is 24.3 Å². The Hall–Kier alpha value is -2.89. The van der Waals surface area contributed by atoms with Crippen LogP contribution in [0.1, 0.15) is 29.3 Å². The van der Waals surface area contributed by atoms with Crippen molar-refractivity contribution in [3.8, 4) is 5.75 Å². The van der Waals surface area contributed by atoms with Crippen molar-refractivity contribution in [1.82, 2.24) is 9.97 Å². The minimum atomic E-state index is -0.316. The maximum Gasteiger partial charge on any atom is 0.256 e. The van der Waals surface area contributed by atoms with Crippen LogP contribution in [0.5, 0.6) is 5.75 Å². The molecule has 23 heavy (non-hydrogen) atoms. The first kappa shape index (κ1) is 15.0. The molecular weight excluding hydrogens is 294 g/mol. The van der Waals surface area contributed by atoms with Gasteiger partial charge in [-0.05, 0) is 24.6 Å². The number of amides is 1. The number of carbonyl (C=O) groups excluding carboxylic acids is 1. The van der Waals surface area contributed by atoms with Crippen LogP contribution in [0.3, 0.4) is 0 Å². The number of aryl methyl sites for hydroxylation is 1. The monoisotopic (exact) mass is 311 g/mol. The van der Waals surface area contributed by atoms with E-state index in [0.29, 0.717) is 29.6 Å². The number of nitrogens with zero attached hydrogens (tertiary/aromatic N) is 1. The number of H-pyrrole nitrogens is 1. The van der Waals surface area contributed by atoms with Gasteiger partial charge in [-0.15, -0.1) is 0 Å². The van der Waals surface area contributed by atoms with Crippen LogP contribution < -0.4 is 15.6 Å². The average molecular weight is 311 g/mol. The molecule has 1 aliphatic rings. The summed E-state index contributed by atoms with van der Waals surface area (Å²) in [5.41, 5.74) is 1.16. The summed E-state index contributed by atoms with van der Waals surface area (Å²) in [7, 11) is 0. The molecule has 6 nitrogen and oxygen atoms in total. The lowest BCUT2D eigenvalue weighted by Crippen LogP contribution is -2.31. The maximum absolute atomic E-state index is 12.3. The zero-order valence-electron chi connectivity index (χ0n) is 12.8. The number of aromatic amines is 1. The van der Waals surface area contributed by atoms with Gasteiger partial charge < -0.3 is 15.0 Å². The number of fused-ring (bicyclic) bond motifs is 1. The molecule has 0 unspecified atom stereocenters. The third-order valence-corrected chi connectivity index (χ3v) is 3.72. The van der Waals surface area contributed by atoms with Gasteiger partial charge in [0.15, 0.2) is 0 Å². The summed E-state index contributed by atoms with van der Waals surface area (Å²) in [6.45, 7) is 5.71. The lowest BCUT2D eigenvalue weighted by Gasteiger charge is -2.24. The van der Waals surface area contributed by atoms with Crippen LogP contribution in [0.25, 0.3) is 0 Å². The minimum absolute atomic E-state index is 0.146. The van der Waals surface area contributed by atoms with Crippen LogP contribution >= 0.6 is 0 Å². The average Bonchev–Trinajstić information content (AvgIpc) is 2.52. The normalized spacial score (nSPS) is 16.4. The molecule has 2 heterocycles. The van der Waals surface area contributed by atoms with Gasteiger partial charge in [0, 0.05) is 12.3 Å². The summed E-state index contributed by atoms with van der Waals surface area (Å²) in [6, 6.07) is 7.37. The summed E-state index contributed by atoms with van der Waals surface area (Å²) in [5.74, 6) is 1.07. The molecule has 2 N–H and O–H groups in total. The smallest absolute Gasteiger partial charge is 0.256 e. The molecule has 0 saturated carbocycles. The number of rotatable bonds is 4. The molecule has 6 heteroatoms. The number of nitrogens with one attached hydrogen (secondary N) is 2. The highest BCUT2D eigenvalue weighted by molar-refractivity contribution is 5.94. The lowest BCUT2D eigenvalue weighted by atomic mass is 9.87. The van der Waals surface area contributed by atoms with Crippen LogP contribution in [-0.2, 0) is 4.79 Å². The third kappa shape index (κ3) is 3.01. The molecule has 3 rings (SSSR count). The molecule has 0 bridgehead atoms. The van der Waals surface area contributed by atoms with E-state index in [9.17, 15) is 9.59 Å². The molecule has 1 aliphatic heterocycles. The van der Waals surface area contributed by atoms with E-state index in [1.54, 1.807) is 13.0 Å². The second-order valence-corrected chi connectivity index (χ2v) is 5.39. The summed E-state index contributed by atoms with van der Waals surface area (Å²) < 4.78 is 5.45. The zero-order chi connectivity index (χ0) is 16.4. The van der Waals surface area contributed by atoms with E-state index in [4.69, 9.17) is 4.74 Å². The van der Waals surface area contributed by atoms with E-state index >= 15 is 0 Å². The zero-order valence-corrected chi connectivity index (χ0v) is 12.8. The first-order valence-electron chi connectivity index (χ1n) is 7.33. The van der Waals surface area contributed by atoms with Crippen molar-refractivity contribution >= 4 is 11.7 Å². The first-order chi connectivity index (χ1) is 11.1. The van der Waals surface area contributed by atoms with Gasteiger partial charge in [0.1, 0.15) is 24.0 Å². The van der Waals surface area contributed by atoms with Gasteiger partial charge in [-0.3, -0.25) is 9.59 Å². The van der Waals surface area contributed by atoms with Gasteiger partial charge in [-0.2, -0.15) is 0 Å². The Morgan fingerprint density at radius 2 is 2.09 bits per heavy atom. The molecule has 0 aliphatic carbocycles. The van der Waals surface area contributed by atoms with E-state index in [2.05, 4.69) is 21.9 Å². The first-order valence-corrected chi connectivity index (χ1v) is 7.33. The van der Waals surface area contributed by atoms with E-state index in [-0.39, 0.29) is 23.8 Å². The minimum Gasteiger partial charge on any atom is -0.490 e. The van der Waals surface area contributed by atoms with Crippen LogP contribution in [0.4, 0.5) is 5.82 Å². The van der Waals surface area contributed by atoms with E-state index < -0.39 is 0 Å². The molecule has 2 aromatic rings. The van der Waals surface area contributed by atoms with Crippen molar-refractivity contribution in [1.29, 1.82) is 0 Å². The topological polar surface area (TPSA) is 84.1 Å². The SMILES string of the molecule is C=CCOc1ccc([C@@H]2CC(=O)Nc3nc(C)[nH]c(=O)c32)cc1. The van der Waals surface area contributed by atoms with Gasteiger partial charge in [-0.25, -0.2) is 4.98 Å². The largest absolute Gasteiger partial charge is 0.490 e. The number of ether oxygens (including phenoxy) is 1. The Labute approximate surface area is 133 Å². The molecule has 0 fully saturated rings. The number of aromatic nitrogens is 2. The highest BCUT2D eigenvalue weighted by Gasteiger charge is 2.30. The van der Waals surface area contributed by atoms with Crippen LogP contribution in [0.15, 0.2) is 41.7 Å². The van der Waals surface area contributed by atoms with Crippen LogP contribution in [0.2, 0.25) is 0 Å². The van der Waals surface area contributed by atoms with Gasteiger partial charge in [-0.1, -0.05) is 24.8 Å². The number of hydrogen-bond acceptors (Lipinski definition) is 4. The lowest BCUT2D eigenvalue weighted by molar-refractivity contribution is -0.116. The fourth-order valence-corrected chi connectivity index (χ4v) is 2.72. The molecule has 1 atom stereocenters. The predicted octanol–water partition coefficient (Wildman–Crippen LogP) is 2.12. The summed E-state index contributed by atoms with van der Waals surface area (Å²) in [6.07, 6.45) is 1.89. The maximum atomic E-state index is 12.3. The predicted molar refractivity (Wildman–Crippen MR) is 86.8 cm³/mol. The molecule has 1 aromatic carbocycles. The molecule has 0 radical (unpaired) electrons. The molecular formula is C17H17N3O3. The van der Waals surface area contributed by atoms with Crippen LogP contribution in [-0.4, -0.2) is 22.5 Å². The third-order valence-electron chi connectivity index (χ3n) is 3.72. The standard InChI is InChI=1S/C17H17N3O3/c1-3-8-23-12-6-4-11(5-7-12)13-9-14(21)20-16-15(13)17(22)19-10(2)18-16/h3-7,13H,1,8-9H2,2H3,(H2,18,19,20,21,22)/t13-/m0/s1. The Morgan fingerprint density at radius 1 is 1.35 bits per heavy atom. The van der Waals surface area contributed by atoms with Crippen molar-refractivity contribution in [3.63, 3.8) is 0 Å². The number of carbonyl (C=O) groups is 1. The van der Waals surface area contributed by atoms with Crippen molar-refractivity contribution < 1.29 is 9.53 Å². The quantitative estimate of drug-likeness (QED) is 0.847. The molecule has 118 valence electrons. The van der Waals surface area contributed by atoms with Gasteiger partial charge in [0.05, 0.1) is 5.56 Å². The highest BCUT2D eigenvalue weighted by atomic mass is 16.5. The Balaban J connectivity index is 1.99. The Bertz CT molecular complexity index is 809. The summed E-state index contributed by atoms with van der Waals surface area (Å²) in [4.78, 5) is 31.2. The van der Waals surface area contributed by atoms with E-state index in [0.717, 1.165) is 5.56 Å². The second kappa shape index (κ2) is 6.08. The molecule has 1 aromatic heterocycles. The Morgan fingerprint density at radius 3 is 2.78 bits per heavy atom. The second-order valence-electron chi connectivity index (χ2n) is 5.39. The fraction of sp³-hybridized carbons (Fsp3) is 0.235. The van der Waals surface area contributed by atoms with Gasteiger partial charge in [0.2, 0.25) is 5.91 Å². The number of hydrogen-bond donors (Lipinski definition) is 2. The number of anilines is 1. The van der Waals surface area contributed by atoms with Crippen molar-refractivity contribution in [2.45, 2.75) is 19.3 Å². The molecule has 1 amide bonds. The summed E-state index contributed by atoms with van der Waals surface area (Å²) in [5, 5.41) is 2.67. The fourth-order valence-electron chi connectivity index (χ4n) is 2.72. The van der Waals surface area contributed by atoms with Crippen LogP contribution in [0, 0.1) is 6.92 Å². The molecule has 0 saturated heterocycles. The molecule has 0 spiro atoms. The number of benzene rings is 1. The van der Waals surface area contributed by atoms with Crippen molar-refractivity contribution in [2.24, 2.45) is 0 Å². The van der Waals surface area contributed by atoms with E-state index in [1.165, 1.54) is 0 Å². The Kier molecular flexibility index (Phi) is 3.97.